The molecule has 0 bridgehead atoms. The number of nitrogens with zero attached hydrogens (tertiary/aromatic N) is 1. The van der Waals surface area contributed by atoms with Crippen molar-refractivity contribution in [3.63, 3.8) is 0 Å². The lowest BCUT2D eigenvalue weighted by Gasteiger charge is -2.09. The predicted octanol–water partition coefficient (Wildman–Crippen LogP) is 4.15. The molecule has 5 nitrogen and oxygen atoms in total. The summed E-state index contributed by atoms with van der Waals surface area (Å²) >= 11 is 6.18. The summed E-state index contributed by atoms with van der Waals surface area (Å²) in [5.74, 6) is 1.02. The van der Waals surface area contributed by atoms with Crippen LogP contribution in [0.15, 0.2) is 42.5 Å². The molecule has 0 atom stereocenters. The number of hydrogen-bond donors (Lipinski definition) is 1. The number of halogens is 1. The van der Waals surface area contributed by atoms with Gasteiger partial charge in [-0.15, -0.1) is 0 Å². The van der Waals surface area contributed by atoms with Gasteiger partial charge in [0.25, 0.3) is 5.69 Å². The summed E-state index contributed by atoms with van der Waals surface area (Å²) in [6.45, 7) is 3.67. The lowest BCUT2D eigenvalue weighted by molar-refractivity contribution is -0.384. The molecule has 6 heteroatoms. The van der Waals surface area contributed by atoms with Gasteiger partial charge < -0.3 is 10.1 Å². The normalized spacial score (nSPS) is 10.4. The van der Waals surface area contributed by atoms with E-state index < -0.39 is 4.92 Å². The van der Waals surface area contributed by atoms with Crippen LogP contribution in [-0.2, 0) is 6.54 Å². The Hall–Kier alpha value is -2.11. The minimum atomic E-state index is -0.452. The Morgan fingerprint density at radius 3 is 2.52 bits per heavy atom. The first-order chi connectivity index (χ1) is 10.1. The van der Waals surface area contributed by atoms with Gasteiger partial charge in [0.15, 0.2) is 0 Å². The van der Waals surface area contributed by atoms with Gasteiger partial charge in [0, 0.05) is 18.7 Å². The number of nitro groups is 1. The first kappa shape index (κ1) is 15.3. The van der Waals surface area contributed by atoms with Crippen LogP contribution >= 0.6 is 11.6 Å². The molecule has 1 N–H and O–H groups in total. The van der Waals surface area contributed by atoms with E-state index >= 15 is 0 Å². The molecule has 2 rings (SSSR count). The summed E-state index contributed by atoms with van der Waals surface area (Å²) in [7, 11) is 0. The highest BCUT2D eigenvalue weighted by molar-refractivity contribution is 6.32. The molecule has 0 aromatic heterocycles. The van der Waals surface area contributed by atoms with E-state index in [0.717, 1.165) is 18.7 Å². The van der Waals surface area contributed by atoms with Gasteiger partial charge in [-0.05, 0) is 36.4 Å². The zero-order valence-corrected chi connectivity index (χ0v) is 12.3. The van der Waals surface area contributed by atoms with Crippen molar-refractivity contribution in [2.24, 2.45) is 0 Å². The number of hydrogen-bond acceptors (Lipinski definition) is 4. The molecule has 0 radical (unpaired) electrons. The van der Waals surface area contributed by atoms with Crippen LogP contribution in [-0.4, -0.2) is 11.5 Å². The van der Waals surface area contributed by atoms with Crippen molar-refractivity contribution in [2.75, 3.05) is 6.54 Å². The van der Waals surface area contributed by atoms with Crippen LogP contribution in [0.3, 0.4) is 0 Å². The fourth-order valence-electron chi connectivity index (χ4n) is 1.77. The van der Waals surface area contributed by atoms with Crippen molar-refractivity contribution in [1.29, 1.82) is 0 Å². The highest BCUT2D eigenvalue weighted by Gasteiger charge is 2.07. The van der Waals surface area contributed by atoms with E-state index in [-0.39, 0.29) is 5.69 Å². The van der Waals surface area contributed by atoms with Crippen LogP contribution in [0, 0.1) is 10.1 Å². The number of rotatable bonds is 6. The quantitative estimate of drug-likeness (QED) is 0.643. The van der Waals surface area contributed by atoms with Gasteiger partial charge in [0.2, 0.25) is 0 Å². The molecular formula is C15H15ClN2O3. The fraction of sp³-hybridized carbons (Fsp3) is 0.200. The van der Waals surface area contributed by atoms with E-state index in [2.05, 4.69) is 5.32 Å². The third kappa shape index (κ3) is 4.18. The summed E-state index contributed by atoms with van der Waals surface area (Å²) in [4.78, 5) is 10.1. The third-order valence-corrected chi connectivity index (χ3v) is 3.15. The lowest BCUT2D eigenvalue weighted by atomic mass is 10.2. The van der Waals surface area contributed by atoms with Crippen molar-refractivity contribution in [3.8, 4) is 11.5 Å². The van der Waals surface area contributed by atoms with E-state index in [1.54, 1.807) is 18.2 Å². The van der Waals surface area contributed by atoms with Crippen molar-refractivity contribution in [1.82, 2.24) is 5.32 Å². The average Bonchev–Trinajstić information content (AvgIpc) is 2.48. The Morgan fingerprint density at radius 2 is 1.95 bits per heavy atom. The number of non-ortho nitro benzene ring substituents is 1. The summed E-state index contributed by atoms with van der Waals surface area (Å²) in [6.07, 6.45) is 0. The van der Waals surface area contributed by atoms with Crippen LogP contribution in [0.1, 0.15) is 12.5 Å². The molecule has 0 aliphatic heterocycles. The molecule has 2 aromatic rings. The Labute approximate surface area is 127 Å². The first-order valence-electron chi connectivity index (χ1n) is 6.51. The molecule has 21 heavy (non-hydrogen) atoms. The lowest BCUT2D eigenvalue weighted by Crippen LogP contribution is -2.11. The van der Waals surface area contributed by atoms with E-state index in [9.17, 15) is 10.1 Å². The molecule has 0 saturated carbocycles. The number of nitrogens with one attached hydrogen (secondary N) is 1. The Morgan fingerprint density at radius 1 is 1.24 bits per heavy atom. The highest BCUT2D eigenvalue weighted by Crippen LogP contribution is 2.30. The highest BCUT2D eigenvalue weighted by atomic mass is 35.5. The fourth-order valence-corrected chi connectivity index (χ4v) is 2.01. The van der Waals surface area contributed by atoms with E-state index in [1.165, 1.54) is 12.1 Å². The Balaban J connectivity index is 2.10. The zero-order valence-electron chi connectivity index (χ0n) is 11.5. The molecule has 0 amide bonds. The van der Waals surface area contributed by atoms with Gasteiger partial charge in [0.05, 0.1) is 9.95 Å². The summed E-state index contributed by atoms with van der Waals surface area (Å²) < 4.78 is 5.63. The van der Waals surface area contributed by atoms with Gasteiger partial charge >= 0.3 is 0 Å². The minimum absolute atomic E-state index is 0.0226. The van der Waals surface area contributed by atoms with Crippen molar-refractivity contribution in [2.45, 2.75) is 13.5 Å². The maximum absolute atomic E-state index is 10.6. The number of nitro benzene ring substituents is 1. The van der Waals surface area contributed by atoms with Gasteiger partial charge in [0.1, 0.15) is 11.5 Å². The van der Waals surface area contributed by atoms with E-state index in [1.807, 2.05) is 19.1 Å². The molecule has 110 valence electrons. The van der Waals surface area contributed by atoms with Crippen LogP contribution in [0.25, 0.3) is 0 Å². The van der Waals surface area contributed by atoms with Crippen LogP contribution in [0.4, 0.5) is 5.69 Å². The van der Waals surface area contributed by atoms with Gasteiger partial charge in [-0.3, -0.25) is 10.1 Å². The van der Waals surface area contributed by atoms with E-state index in [4.69, 9.17) is 16.3 Å². The largest absolute Gasteiger partial charge is 0.456 e. The molecule has 0 fully saturated rings. The topological polar surface area (TPSA) is 64.4 Å². The molecule has 2 aromatic carbocycles. The molecule has 0 aliphatic carbocycles. The maximum Gasteiger partial charge on any atom is 0.269 e. The van der Waals surface area contributed by atoms with E-state index in [0.29, 0.717) is 16.5 Å². The van der Waals surface area contributed by atoms with Crippen molar-refractivity contribution >= 4 is 17.3 Å². The van der Waals surface area contributed by atoms with Crippen LogP contribution in [0.5, 0.6) is 11.5 Å². The average molecular weight is 307 g/mol. The predicted molar refractivity (Wildman–Crippen MR) is 82.0 cm³/mol. The molecular weight excluding hydrogens is 292 g/mol. The molecule has 0 saturated heterocycles. The molecule has 0 spiro atoms. The Bertz CT molecular complexity index is 629. The molecule has 0 heterocycles. The maximum atomic E-state index is 10.6. The Kier molecular flexibility index (Phi) is 5.14. The second kappa shape index (κ2) is 7.06. The number of ether oxygens (including phenoxy) is 1. The van der Waals surface area contributed by atoms with Crippen molar-refractivity contribution in [3.05, 3.63) is 63.2 Å². The number of benzene rings is 2. The first-order valence-corrected chi connectivity index (χ1v) is 6.89. The van der Waals surface area contributed by atoms with Crippen molar-refractivity contribution < 1.29 is 9.66 Å². The second-order valence-corrected chi connectivity index (χ2v) is 4.81. The SMILES string of the molecule is CCNCc1ccc(Oc2ccc([N+](=O)[O-])cc2)c(Cl)c1. The van der Waals surface area contributed by atoms with Crippen LogP contribution < -0.4 is 10.1 Å². The monoisotopic (exact) mass is 306 g/mol. The standard InChI is InChI=1S/C15H15ClN2O3/c1-2-17-10-11-3-8-15(14(16)9-11)21-13-6-4-12(5-7-13)18(19)20/h3-9,17H,2,10H2,1H3. The van der Waals surface area contributed by atoms with Gasteiger partial charge in [-0.25, -0.2) is 0 Å². The smallest absolute Gasteiger partial charge is 0.269 e. The summed E-state index contributed by atoms with van der Waals surface area (Å²) in [5, 5.41) is 14.3. The minimum Gasteiger partial charge on any atom is -0.456 e. The molecule has 0 aliphatic rings. The second-order valence-electron chi connectivity index (χ2n) is 4.40. The summed E-state index contributed by atoms with van der Waals surface area (Å²) in [6, 6.07) is 11.4. The van der Waals surface area contributed by atoms with Gasteiger partial charge in [-0.1, -0.05) is 24.6 Å². The van der Waals surface area contributed by atoms with Gasteiger partial charge in [-0.2, -0.15) is 0 Å². The third-order valence-electron chi connectivity index (χ3n) is 2.85. The zero-order chi connectivity index (χ0) is 15.2. The summed E-state index contributed by atoms with van der Waals surface area (Å²) in [5.41, 5.74) is 1.09. The van der Waals surface area contributed by atoms with Crippen LogP contribution in [0.2, 0.25) is 5.02 Å². The molecule has 0 unspecified atom stereocenters.